The van der Waals surface area contributed by atoms with E-state index in [4.69, 9.17) is 4.42 Å². The predicted molar refractivity (Wildman–Crippen MR) is 109 cm³/mol. The fourth-order valence-corrected chi connectivity index (χ4v) is 3.89. The SMILES string of the molecule is c1ccc(Cn2ccnc2CSc2nnc(-c3c[nH]c4ccccc34)o2)cc1. The minimum absolute atomic E-state index is 0.521. The number of nitrogens with zero attached hydrogens (tertiary/aromatic N) is 4. The van der Waals surface area contributed by atoms with E-state index in [-0.39, 0.29) is 0 Å². The summed E-state index contributed by atoms with van der Waals surface area (Å²) in [6.07, 6.45) is 5.72. The van der Waals surface area contributed by atoms with Crippen LogP contribution in [0.3, 0.4) is 0 Å². The van der Waals surface area contributed by atoms with Gasteiger partial charge in [-0.3, -0.25) is 0 Å². The van der Waals surface area contributed by atoms with E-state index >= 15 is 0 Å². The van der Waals surface area contributed by atoms with Crippen LogP contribution in [0.25, 0.3) is 22.4 Å². The molecule has 0 aliphatic rings. The molecular weight excluding hydrogens is 370 g/mol. The van der Waals surface area contributed by atoms with Gasteiger partial charge in [-0.1, -0.05) is 60.3 Å². The Kier molecular flexibility index (Phi) is 4.42. The van der Waals surface area contributed by atoms with Gasteiger partial charge in [-0.15, -0.1) is 10.2 Å². The van der Waals surface area contributed by atoms with Gasteiger partial charge >= 0.3 is 0 Å². The van der Waals surface area contributed by atoms with Crippen molar-refractivity contribution in [3.05, 3.63) is 84.6 Å². The molecule has 3 aromatic heterocycles. The first-order valence-electron chi connectivity index (χ1n) is 8.93. The van der Waals surface area contributed by atoms with Crippen molar-refractivity contribution in [3.63, 3.8) is 0 Å². The fraction of sp³-hybridized carbons (Fsp3) is 0.0952. The molecule has 5 rings (SSSR count). The monoisotopic (exact) mass is 387 g/mol. The summed E-state index contributed by atoms with van der Waals surface area (Å²) < 4.78 is 8.01. The molecule has 0 saturated carbocycles. The van der Waals surface area contributed by atoms with Gasteiger partial charge in [0.2, 0.25) is 0 Å². The first-order chi connectivity index (χ1) is 13.9. The predicted octanol–water partition coefficient (Wildman–Crippen LogP) is 4.76. The van der Waals surface area contributed by atoms with Gasteiger partial charge in [-0.2, -0.15) is 0 Å². The highest BCUT2D eigenvalue weighted by Crippen LogP contribution is 2.30. The van der Waals surface area contributed by atoms with Gasteiger partial charge < -0.3 is 14.0 Å². The molecule has 0 radical (unpaired) electrons. The lowest BCUT2D eigenvalue weighted by molar-refractivity contribution is 0.466. The number of thioether (sulfide) groups is 1. The Morgan fingerprint density at radius 3 is 2.79 bits per heavy atom. The summed E-state index contributed by atoms with van der Waals surface area (Å²) in [5.41, 5.74) is 3.21. The van der Waals surface area contributed by atoms with E-state index in [1.54, 1.807) is 0 Å². The van der Waals surface area contributed by atoms with Crippen LogP contribution in [0.2, 0.25) is 0 Å². The number of rotatable bonds is 6. The minimum atomic E-state index is 0.521. The fourth-order valence-electron chi connectivity index (χ4n) is 3.16. The van der Waals surface area contributed by atoms with Crippen molar-refractivity contribution in [2.75, 3.05) is 0 Å². The van der Waals surface area contributed by atoms with Crippen LogP contribution in [-0.4, -0.2) is 24.7 Å². The number of H-pyrrole nitrogens is 1. The first-order valence-corrected chi connectivity index (χ1v) is 9.92. The average Bonchev–Trinajstić information content (AvgIpc) is 3.46. The van der Waals surface area contributed by atoms with E-state index in [1.807, 2.05) is 61.1 Å². The van der Waals surface area contributed by atoms with Gasteiger partial charge in [0.1, 0.15) is 5.82 Å². The van der Waals surface area contributed by atoms with Crippen LogP contribution >= 0.6 is 11.8 Å². The molecule has 0 spiro atoms. The van der Waals surface area contributed by atoms with Crippen LogP contribution in [0.1, 0.15) is 11.4 Å². The summed E-state index contributed by atoms with van der Waals surface area (Å²) in [5, 5.41) is 10.0. The second-order valence-electron chi connectivity index (χ2n) is 6.37. The van der Waals surface area contributed by atoms with Crippen molar-refractivity contribution >= 4 is 22.7 Å². The Morgan fingerprint density at radius 2 is 1.86 bits per heavy atom. The van der Waals surface area contributed by atoms with E-state index in [0.29, 0.717) is 16.9 Å². The zero-order valence-corrected chi connectivity index (χ0v) is 15.8. The molecule has 2 aromatic carbocycles. The van der Waals surface area contributed by atoms with E-state index in [9.17, 15) is 0 Å². The third kappa shape index (κ3) is 3.32. The molecule has 0 unspecified atom stereocenters. The Balaban J connectivity index is 1.30. The Labute approximate surface area is 165 Å². The number of benzene rings is 2. The molecule has 0 atom stereocenters. The lowest BCUT2D eigenvalue weighted by atomic mass is 10.2. The molecule has 0 bridgehead atoms. The van der Waals surface area contributed by atoms with Gasteiger partial charge in [0.25, 0.3) is 11.1 Å². The van der Waals surface area contributed by atoms with Crippen molar-refractivity contribution in [2.24, 2.45) is 0 Å². The molecule has 0 aliphatic carbocycles. The van der Waals surface area contributed by atoms with Crippen molar-refractivity contribution in [1.82, 2.24) is 24.7 Å². The molecule has 3 heterocycles. The molecule has 0 amide bonds. The maximum atomic E-state index is 5.88. The number of nitrogens with one attached hydrogen (secondary N) is 1. The summed E-state index contributed by atoms with van der Waals surface area (Å²) in [5.74, 6) is 2.16. The van der Waals surface area contributed by atoms with Gasteiger partial charge in [0, 0.05) is 36.0 Å². The van der Waals surface area contributed by atoms with Crippen molar-refractivity contribution in [3.8, 4) is 11.5 Å². The highest BCUT2D eigenvalue weighted by Gasteiger charge is 2.14. The Bertz CT molecular complexity index is 1210. The Hall–Kier alpha value is -3.32. The van der Waals surface area contributed by atoms with E-state index in [1.165, 1.54) is 17.3 Å². The molecular formula is C21H17N5OS. The number of aromatic nitrogens is 5. The number of hydrogen-bond acceptors (Lipinski definition) is 5. The molecule has 6 nitrogen and oxygen atoms in total. The topological polar surface area (TPSA) is 72.5 Å². The summed E-state index contributed by atoms with van der Waals surface area (Å²) in [6, 6.07) is 18.4. The number of hydrogen-bond donors (Lipinski definition) is 1. The standard InChI is InChI=1S/C21H17N5OS/c1-2-6-15(7-3-1)13-26-11-10-22-19(26)14-28-21-25-24-20(27-21)17-12-23-18-9-5-4-8-16(17)18/h1-12,23H,13-14H2. The third-order valence-electron chi connectivity index (χ3n) is 4.55. The van der Waals surface area contributed by atoms with E-state index in [2.05, 4.69) is 36.9 Å². The zero-order valence-electron chi connectivity index (χ0n) is 14.9. The van der Waals surface area contributed by atoms with Crippen LogP contribution in [0, 0.1) is 0 Å². The number of aromatic amines is 1. The molecule has 5 aromatic rings. The molecule has 138 valence electrons. The van der Waals surface area contributed by atoms with Gasteiger partial charge in [0.05, 0.1) is 11.3 Å². The van der Waals surface area contributed by atoms with Crippen molar-refractivity contribution in [2.45, 2.75) is 17.5 Å². The van der Waals surface area contributed by atoms with Crippen LogP contribution in [0.4, 0.5) is 0 Å². The summed E-state index contributed by atoms with van der Waals surface area (Å²) in [7, 11) is 0. The van der Waals surface area contributed by atoms with Crippen LogP contribution in [-0.2, 0) is 12.3 Å². The highest BCUT2D eigenvalue weighted by molar-refractivity contribution is 7.98. The number of imidazole rings is 1. The maximum absolute atomic E-state index is 5.88. The second-order valence-corrected chi connectivity index (χ2v) is 7.29. The van der Waals surface area contributed by atoms with Gasteiger partial charge in [-0.05, 0) is 11.6 Å². The minimum Gasteiger partial charge on any atom is -0.411 e. The van der Waals surface area contributed by atoms with E-state index in [0.717, 1.165) is 28.8 Å². The van der Waals surface area contributed by atoms with Crippen molar-refractivity contribution < 1.29 is 4.42 Å². The largest absolute Gasteiger partial charge is 0.411 e. The number of para-hydroxylation sites is 1. The quantitative estimate of drug-likeness (QED) is 0.426. The average molecular weight is 387 g/mol. The zero-order chi connectivity index (χ0) is 18.8. The van der Waals surface area contributed by atoms with Crippen LogP contribution < -0.4 is 0 Å². The van der Waals surface area contributed by atoms with Crippen LogP contribution in [0.15, 0.2) is 82.8 Å². The summed E-state index contributed by atoms with van der Waals surface area (Å²) in [6.45, 7) is 0.793. The number of fused-ring (bicyclic) bond motifs is 1. The third-order valence-corrected chi connectivity index (χ3v) is 5.36. The molecule has 7 heteroatoms. The molecule has 28 heavy (non-hydrogen) atoms. The first kappa shape index (κ1) is 16.8. The molecule has 0 aliphatic heterocycles. The molecule has 0 saturated heterocycles. The van der Waals surface area contributed by atoms with Crippen LogP contribution in [0.5, 0.6) is 0 Å². The van der Waals surface area contributed by atoms with Gasteiger partial charge in [0.15, 0.2) is 0 Å². The maximum Gasteiger partial charge on any atom is 0.277 e. The summed E-state index contributed by atoms with van der Waals surface area (Å²) in [4.78, 5) is 7.71. The van der Waals surface area contributed by atoms with Crippen molar-refractivity contribution in [1.29, 1.82) is 0 Å². The molecule has 1 N–H and O–H groups in total. The second kappa shape index (κ2) is 7.36. The smallest absolute Gasteiger partial charge is 0.277 e. The lowest BCUT2D eigenvalue weighted by Crippen LogP contribution is -2.03. The highest BCUT2D eigenvalue weighted by atomic mass is 32.2. The Morgan fingerprint density at radius 1 is 1.00 bits per heavy atom. The molecule has 0 fully saturated rings. The van der Waals surface area contributed by atoms with E-state index < -0.39 is 0 Å². The normalized spacial score (nSPS) is 11.3. The lowest BCUT2D eigenvalue weighted by Gasteiger charge is -2.06. The van der Waals surface area contributed by atoms with Gasteiger partial charge in [-0.25, -0.2) is 4.98 Å². The summed E-state index contributed by atoms with van der Waals surface area (Å²) >= 11 is 1.49.